The van der Waals surface area contributed by atoms with E-state index >= 15 is 0 Å². The Morgan fingerprint density at radius 2 is 1.94 bits per heavy atom. The van der Waals surface area contributed by atoms with Crippen molar-refractivity contribution in [2.75, 3.05) is 13.6 Å². The van der Waals surface area contributed by atoms with Crippen molar-refractivity contribution in [2.45, 2.75) is 31.3 Å². The van der Waals surface area contributed by atoms with Gasteiger partial charge >= 0.3 is 0 Å². The first kappa shape index (κ1) is 12.1. The van der Waals surface area contributed by atoms with E-state index in [-0.39, 0.29) is 5.54 Å². The van der Waals surface area contributed by atoms with Crippen LogP contribution in [0.2, 0.25) is 0 Å². The van der Waals surface area contributed by atoms with Crippen molar-refractivity contribution >= 4 is 15.9 Å². The van der Waals surface area contributed by atoms with Crippen molar-refractivity contribution in [1.29, 1.82) is 0 Å². The molecule has 1 fully saturated rings. The third-order valence-corrected chi connectivity index (χ3v) is 3.83. The van der Waals surface area contributed by atoms with Gasteiger partial charge in [0.2, 0.25) is 0 Å². The van der Waals surface area contributed by atoms with Crippen LogP contribution in [0.3, 0.4) is 0 Å². The van der Waals surface area contributed by atoms with Crippen LogP contribution < -0.4 is 5.73 Å². The molecule has 0 heterocycles. The highest BCUT2D eigenvalue weighted by Gasteiger charge is 2.33. The molecule has 0 bridgehead atoms. The molecule has 0 saturated heterocycles. The molecular formula is C13H19BrN2. The molecule has 1 aromatic carbocycles. The topological polar surface area (TPSA) is 29.3 Å². The average Bonchev–Trinajstić information content (AvgIpc) is 2.19. The fourth-order valence-corrected chi connectivity index (χ4v) is 2.55. The smallest absolute Gasteiger partial charge is 0.0283 e. The summed E-state index contributed by atoms with van der Waals surface area (Å²) in [6, 6.07) is 8.49. The van der Waals surface area contributed by atoms with Crippen LogP contribution >= 0.6 is 15.9 Å². The van der Waals surface area contributed by atoms with Crippen molar-refractivity contribution < 1.29 is 0 Å². The number of benzene rings is 1. The molecule has 0 aromatic heterocycles. The maximum absolute atomic E-state index is 6.23. The van der Waals surface area contributed by atoms with E-state index in [4.69, 9.17) is 5.73 Å². The lowest BCUT2D eigenvalue weighted by atomic mass is 9.77. The van der Waals surface area contributed by atoms with Gasteiger partial charge in [-0.05, 0) is 44.0 Å². The Morgan fingerprint density at radius 1 is 1.31 bits per heavy atom. The largest absolute Gasteiger partial charge is 0.324 e. The van der Waals surface area contributed by atoms with Crippen LogP contribution in [0, 0.1) is 0 Å². The van der Waals surface area contributed by atoms with Crippen LogP contribution in [0.25, 0.3) is 0 Å². The van der Waals surface area contributed by atoms with Crippen LogP contribution in [-0.2, 0) is 6.54 Å². The van der Waals surface area contributed by atoms with Crippen LogP contribution in [0.4, 0.5) is 0 Å². The summed E-state index contributed by atoms with van der Waals surface area (Å²) in [6.07, 6.45) is 3.65. The molecule has 2 rings (SSSR count). The van der Waals surface area contributed by atoms with E-state index < -0.39 is 0 Å². The molecule has 2 nitrogen and oxygen atoms in total. The zero-order chi connectivity index (χ0) is 11.6. The molecule has 2 N–H and O–H groups in total. The molecule has 1 saturated carbocycles. The van der Waals surface area contributed by atoms with Gasteiger partial charge in [-0.1, -0.05) is 28.1 Å². The Labute approximate surface area is 106 Å². The fourth-order valence-electron chi connectivity index (χ4n) is 2.28. The second-order valence-corrected chi connectivity index (χ2v) is 5.93. The van der Waals surface area contributed by atoms with Gasteiger partial charge in [0.15, 0.2) is 0 Å². The van der Waals surface area contributed by atoms with Crippen molar-refractivity contribution in [3.05, 3.63) is 34.3 Å². The molecule has 1 aromatic rings. The van der Waals surface area contributed by atoms with Crippen molar-refractivity contribution in [2.24, 2.45) is 5.73 Å². The standard InChI is InChI=1S/C13H19BrN2/c1-16(10-13(15)7-2-8-13)9-11-3-5-12(14)6-4-11/h3-6H,2,7-10,15H2,1H3. The number of hydrogen-bond acceptors (Lipinski definition) is 2. The predicted molar refractivity (Wildman–Crippen MR) is 71.2 cm³/mol. The van der Waals surface area contributed by atoms with Gasteiger partial charge in [-0.25, -0.2) is 0 Å². The number of likely N-dealkylation sites (N-methyl/N-ethyl adjacent to an activating group) is 1. The molecule has 0 atom stereocenters. The number of nitrogens with two attached hydrogens (primary N) is 1. The normalized spacial score (nSPS) is 18.5. The highest BCUT2D eigenvalue weighted by atomic mass is 79.9. The summed E-state index contributed by atoms with van der Waals surface area (Å²) in [4.78, 5) is 2.32. The van der Waals surface area contributed by atoms with E-state index in [1.165, 1.54) is 24.8 Å². The van der Waals surface area contributed by atoms with Gasteiger partial charge in [0, 0.05) is 23.1 Å². The molecular weight excluding hydrogens is 264 g/mol. The second kappa shape index (κ2) is 4.86. The molecule has 1 aliphatic carbocycles. The second-order valence-electron chi connectivity index (χ2n) is 5.01. The minimum atomic E-state index is 0.0874. The van der Waals surface area contributed by atoms with Crippen molar-refractivity contribution in [3.63, 3.8) is 0 Å². The molecule has 0 amide bonds. The minimum Gasteiger partial charge on any atom is -0.324 e. The minimum absolute atomic E-state index is 0.0874. The van der Waals surface area contributed by atoms with Crippen LogP contribution in [0.5, 0.6) is 0 Å². The van der Waals surface area contributed by atoms with Gasteiger partial charge in [0.25, 0.3) is 0 Å². The van der Waals surface area contributed by atoms with Gasteiger partial charge in [-0.2, -0.15) is 0 Å². The Balaban J connectivity index is 1.86. The summed E-state index contributed by atoms with van der Waals surface area (Å²) in [5.74, 6) is 0. The molecule has 0 spiro atoms. The summed E-state index contributed by atoms with van der Waals surface area (Å²) < 4.78 is 1.13. The summed E-state index contributed by atoms with van der Waals surface area (Å²) in [5, 5.41) is 0. The Morgan fingerprint density at radius 3 is 2.44 bits per heavy atom. The van der Waals surface area contributed by atoms with Crippen LogP contribution in [0.15, 0.2) is 28.7 Å². The predicted octanol–water partition coefficient (Wildman–Crippen LogP) is 2.76. The zero-order valence-corrected chi connectivity index (χ0v) is 11.3. The molecule has 0 unspecified atom stereocenters. The zero-order valence-electron chi connectivity index (χ0n) is 9.75. The lowest BCUT2D eigenvalue weighted by Gasteiger charge is -2.41. The monoisotopic (exact) mass is 282 g/mol. The van der Waals surface area contributed by atoms with E-state index in [2.05, 4.69) is 52.1 Å². The lowest BCUT2D eigenvalue weighted by molar-refractivity contribution is 0.161. The van der Waals surface area contributed by atoms with Gasteiger partial charge in [-0.15, -0.1) is 0 Å². The SMILES string of the molecule is CN(Cc1ccc(Br)cc1)CC1(N)CCC1. The summed E-state index contributed by atoms with van der Waals surface area (Å²) in [7, 11) is 2.15. The van der Waals surface area contributed by atoms with E-state index in [0.29, 0.717) is 0 Å². The van der Waals surface area contributed by atoms with Crippen molar-refractivity contribution in [1.82, 2.24) is 4.90 Å². The highest BCUT2D eigenvalue weighted by molar-refractivity contribution is 9.10. The Bertz CT molecular complexity index is 343. The van der Waals surface area contributed by atoms with Gasteiger partial charge in [0.1, 0.15) is 0 Å². The number of rotatable bonds is 4. The first-order valence-corrected chi connectivity index (χ1v) is 6.59. The van der Waals surface area contributed by atoms with Gasteiger partial charge < -0.3 is 10.6 Å². The summed E-state index contributed by atoms with van der Waals surface area (Å²) >= 11 is 3.45. The summed E-state index contributed by atoms with van der Waals surface area (Å²) in [6.45, 7) is 1.98. The highest BCUT2D eigenvalue weighted by Crippen LogP contribution is 2.29. The Kier molecular flexibility index (Phi) is 3.67. The van der Waals surface area contributed by atoms with Gasteiger partial charge in [-0.3, -0.25) is 0 Å². The van der Waals surface area contributed by atoms with Crippen LogP contribution in [0.1, 0.15) is 24.8 Å². The summed E-state index contributed by atoms with van der Waals surface area (Å²) in [5.41, 5.74) is 7.66. The maximum Gasteiger partial charge on any atom is 0.0283 e. The third kappa shape index (κ3) is 3.06. The van der Waals surface area contributed by atoms with E-state index in [0.717, 1.165) is 17.6 Å². The Hall–Kier alpha value is -0.380. The molecule has 3 heteroatoms. The van der Waals surface area contributed by atoms with E-state index in [1.807, 2.05) is 0 Å². The quantitative estimate of drug-likeness (QED) is 0.920. The average molecular weight is 283 g/mol. The van der Waals surface area contributed by atoms with E-state index in [9.17, 15) is 0 Å². The molecule has 0 radical (unpaired) electrons. The first-order chi connectivity index (χ1) is 7.57. The van der Waals surface area contributed by atoms with Crippen LogP contribution in [-0.4, -0.2) is 24.0 Å². The molecule has 16 heavy (non-hydrogen) atoms. The molecule has 1 aliphatic rings. The maximum atomic E-state index is 6.23. The molecule has 0 aliphatic heterocycles. The van der Waals surface area contributed by atoms with Gasteiger partial charge in [0.05, 0.1) is 0 Å². The molecule has 88 valence electrons. The first-order valence-electron chi connectivity index (χ1n) is 5.79. The third-order valence-electron chi connectivity index (χ3n) is 3.30. The number of hydrogen-bond donors (Lipinski definition) is 1. The number of nitrogens with zero attached hydrogens (tertiary/aromatic N) is 1. The lowest BCUT2D eigenvalue weighted by Crippen LogP contribution is -2.54. The fraction of sp³-hybridized carbons (Fsp3) is 0.538. The van der Waals surface area contributed by atoms with E-state index in [1.54, 1.807) is 0 Å². The van der Waals surface area contributed by atoms with Crippen molar-refractivity contribution in [3.8, 4) is 0 Å². The number of halogens is 1.